The fourth-order valence-corrected chi connectivity index (χ4v) is 3.04. The highest BCUT2D eigenvalue weighted by atomic mass is 79.9. The van der Waals surface area contributed by atoms with Gasteiger partial charge in [-0.3, -0.25) is 4.79 Å². The van der Waals surface area contributed by atoms with Crippen LogP contribution >= 0.6 is 15.9 Å². The first-order valence-corrected chi connectivity index (χ1v) is 8.74. The molecule has 0 unspecified atom stereocenters. The van der Waals surface area contributed by atoms with Gasteiger partial charge in [-0.1, -0.05) is 12.1 Å². The average Bonchev–Trinajstić information content (AvgIpc) is 2.42. The summed E-state index contributed by atoms with van der Waals surface area (Å²) in [5, 5.41) is 7.89. The van der Waals surface area contributed by atoms with Gasteiger partial charge in [0, 0.05) is 10.2 Å². The van der Waals surface area contributed by atoms with E-state index in [-0.39, 0.29) is 10.8 Å². The van der Waals surface area contributed by atoms with Crippen molar-refractivity contribution in [3.05, 3.63) is 57.6 Å². The summed E-state index contributed by atoms with van der Waals surface area (Å²) in [6, 6.07) is 9.83. The summed E-state index contributed by atoms with van der Waals surface area (Å²) >= 11 is 3.31. The molecule has 116 valence electrons. The van der Waals surface area contributed by atoms with Crippen LogP contribution in [0.2, 0.25) is 0 Å². The summed E-state index contributed by atoms with van der Waals surface area (Å²) < 4.78 is 23.7. The highest BCUT2D eigenvalue weighted by molar-refractivity contribution is 9.10. The second-order valence-corrected chi connectivity index (χ2v) is 7.31. The Balaban J connectivity index is 2.44. The molecule has 0 radical (unpaired) electrons. The third kappa shape index (κ3) is 3.55. The van der Waals surface area contributed by atoms with Crippen LogP contribution in [0, 0.1) is 13.8 Å². The van der Waals surface area contributed by atoms with E-state index in [0.29, 0.717) is 15.7 Å². The lowest BCUT2D eigenvalue weighted by atomic mass is 10.1. The van der Waals surface area contributed by atoms with E-state index in [1.165, 1.54) is 12.1 Å². The molecule has 0 heterocycles. The predicted octanol–water partition coefficient (Wildman–Crippen LogP) is 2.97. The van der Waals surface area contributed by atoms with Crippen molar-refractivity contribution in [1.82, 2.24) is 0 Å². The molecule has 0 bridgehead atoms. The second-order valence-electron chi connectivity index (χ2n) is 4.89. The molecule has 1 amide bonds. The predicted molar refractivity (Wildman–Crippen MR) is 89.4 cm³/mol. The van der Waals surface area contributed by atoms with Crippen LogP contribution < -0.4 is 10.5 Å². The van der Waals surface area contributed by atoms with Crippen LogP contribution in [0.25, 0.3) is 0 Å². The molecule has 0 aromatic heterocycles. The second kappa shape index (κ2) is 6.20. The SMILES string of the molecule is Cc1cc(S(N)(=O)=O)cc(NC(=O)c2ccccc2Br)c1C. The summed E-state index contributed by atoms with van der Waals surface area (Å²) in [6.45, 7) is 3.57. The zero-order valence-electron chi connectivity index (χ0n) is 12.1. The quantitative estimate of drug-likeness (QED) is 0.854. The minimum Gasteiger partial charge on any atom is -0.322 e. The van der Waals surface area contributed by atoms with Gasteiger partial charge < -0.3 is 5.32 Å². The number of primary sulfonamides is 1. The maximum Gasteiger partial charge on any atom is 0.256 e. The molecule has 0 atom stereocenters. The Morgan fingerprint density at radius 2 is 1.82 bits per heavy atom. The molecule has 0 saturated heterocycles. The van der Waals surface area contributed by atoms with Crippen molar-refractivity contribution < 1.29 is 13.2 Å². The number of hydrogen-bond donors (Lipinski definition) is 2. The number of rotatable bonds is 3. The largest absolute Gasteiger partial charge is 0.322 e. The number of sulfonamides is 1. The third-order valence-corrected chi connectivity index (χ3v) is 4.92. The molecule has 2 aromatic rings. The maximum absolute atomic E-state index is 12.3. The Hall–Kier alpha value is -1.70. The van der Waals surface area contributed by atoms with E-state index in [4.69, 9.17) is 5.14 Å². The first-order valence-electron chi connectivity index (χ1n) is 6.40. The van der Waals surface area contributed by atoms with Crippen molar-refractivity contribution in [2.75, 3.05) is 5.32 Å². The van der Waals surface area contributed by atoms with Crippen LogP contribution in [0.3, 0.4) is 0 Å². The number of amides is 1. The lowest BCUT2D eigenvalue weighted by Crippen LogP contribution is -2.16. The molecule has 5 nitrogen and oxygen atoms in total. The lowest BCUT2D eigenvalue weighted by Gasteiger charge is -2.13. The van der Waals surface area contributed by atoms with Crippen molar-refractivity contribution in [2.45, 2.75) is 18.7 Å². The standard InChI is InChI=1S/C15H15BrN2O3S/c1-9-7-11(22(17,20)21)8-14(10(9)2)18-15(19)12-5-3-4-6-13(12)16/h3-8H,1-2H3,(H,18,19)(H2,17,20,21). The fourth-order valence-electron chi connectivity index (χ4n) is 1.96. The molecular weight excluding hydrogens is 368 g/mol. The highest BCUT2D eigenvalue weighted by Gasteiger charge is 2.16. The number of halogens is 1. The third-order valence-electron chi connectivity index (χ3n) is 3.34. The van der Waals surface area contributed by atoms with E-state index < -0.39 is 10.0 Å². The van der Waals surface area contributed by atoms with Crippen molar-refractivity contribution >= 4 is 37.5 Å². The van der Waals surface area contributed by atoms with Crippen LogP contribution in [-0.2, 0) is 10.0 Å². The first-order chi connectivity index (χ1) is 10.2. The number of nitrogens with two attached hydrogens (primary N) is 1. The minimum atomic E-state index is -3.83. The zero-order chi connectivity index (χ0) is 16.5. The van der Waals surface area contributed by atoms with Gasteiger partial charge in [-0.15, -0.1) is 0 Å². The summed E-state index contributed by atoms with van der Waals surface area (Å²) in [5.74, 6) is -0.332. The molecule has 7 heteroatoms. The van der Waals surface area contributed by atoms with Gasteiger partial charge in [-0.05, 0) is 65.2 Å². The normalized spacial score (nSPS) is 11.3. The number of nitrogens with one attached hydrogen (secondary N) is 1. The Morgan fingerprint density at radius 1 is 1.18 bits per heavy atom. The van der Waals surface area contributed by atoms with Crippen LogP contribution in [0.1, 0.15) is 21.5 Å². The van der Waals surface area contributed by atoms with E-state index in [1.54, 1.807) is 38.1 Å². The molecule has 2 rings (SSSR count). The van der Waals surface area contributed by atoms with Crippen molar-refractivity contribution in [2.24, 2.45) is 5.14 Å². The molecule has 2 aromatic carbocycles. The zero-order valence-corrected chi connectivity index (χ0v) is 14.5. The van der Waals surface area contributed by atoms with Gasteiger partial charge in [0.25, 0.3) is 5.91 Å². The molecule has 0 fully saturated rings. The average molecular weight is 383 g/mol. The molecular formula is C15H15BrN2O3S. The fraction of sp³-hybridized carbons (Fsp3) is 0.133. The van der Waals surface area contributed by atoms with E-state index in [0.717, 1.165) is 11.1 Å². The van der Waals surface area contributed by atoms with Gasteiger partial charge in [-0.25, -0.2) is 13.6 Å². The van der Waals surface area contributed by atoms with Gasteiger partial charge in [0.2, 0.25) is 10.0 Å². The van der Waals surface area contributed by atoms with E-state index in [1.807, 2.05) is 0 Å². The Morgan fingerprint density at radius 3 is 2.41 bits per heavy atom. The lowest BCUT2D eigenvalue weighted by molar-refractivity contribution is 0.102. The van der Waals surface area contributed by atoms with Gasteiger partial charge in [0.15, 0.2) is 0 Å². The van der Waals surface area contributed by atoms with Gasteiger partial charge in [-0.2, -0.15) is 0 Å². The first kappa shape index (κ1) is 16.7. The van der Waals surface area contributed by atoms with E-state index in [2.05, 4.69) is 21.2 Å². The van der Waals surface area contributed by atoms with Gasteiger partial charge in [0.05, 0.1) is 10.5 Å². The van der Waals surface area contributed by atoms with Crippen LogP contribution in [0.4, 0.5) is 5.69 Å². The van der Waals surface area contributed by atoms with Crippen LogP contribution in [0.5, 0.6) is 0 Å². The van der Waals surface area contributed by atoms with Gasteiger partial charge >= 0.3 is 0 Å². The number of hydrogen-bond acceptors (Lipinski definition) is 3. The number of carbonyl (C=O) groups excluding carboxylic acids is 1. The minimum absolute atomic E-state index is 0.0296. The number of benzene rings is 2. The molecule has 0 aliphatic rings. The van der Waals surface area contributed by atoms with Crippen LogP contribution in [0.15, 0.2) is 45.8 Å². The summed E-state index contributed by atoms with van der Waals surface area (Å²) in [6.07, 6.45) is 0. The smallest absolute Gasteiger partial charge is 0.256 e. The number of carbonyl (C=O) groups is 1. The highest BCUT2D eigenvalue weighted by Crippen LogP contribution is 2.25. The summed E-state index contributed by atoms with van der Waals surface area (Å²) in [4.78, 5) is 12.3. The van der Waals surface area contributed by atoms with Crippen molar-refractivity contribution in [3.63, 3.8) is 0 Å². The van der Waals surface area contributed by atoms with Gasteiger partial charge in [0.1, 0.15) is 0 Å². The Bertz CT molecular complexity index is 848. The van der Waals surface area contributed by atoms with Crippen molar-refractivity contribution in [1.29, 1.82) is 0 Å². The number of aryl methyl sites for hydroxylation is 1. The summed E-state index contributed by atoms with van der Waals surface area (Å²) in [5.41, 5.74) is 2.40. The molecule has 0 spiro atoms. The van der Waals surface area contributed by atoms with E-state index in [9.17, 15) is 13.2 Å². The maximum atomic E-state index is 12.3. The molecule has 0 saturated carbocycles. The molecule has 0 aliphatic carbocycles. The summed E-state index contributed by atoms with van der Waals surface area (Å²) in [7, 11) is -3.83. The monoisotopic (exact) mass is 382 g/mol. The Kier molecular flexibility index (Phi) is 4.69. The molecule has 0 aliphatic heterocycles. The van der Waals surface area contributed by atoms with Crippen molar-refractivity contribution in [3.8, 4) is 0 Å². The molecule has 22 heavy (non-hydrogen) atoms. The molecule has 3 N–H and O–H groups in total. The van der Waals surface area contributed by atoms with Crippen LogP contribution in [-0.4, -0.2) is 14.3 Å². The number of anilines is 1. The topological polar surface area (TPSA) is 89.3 Å². The Labute approximate surface area is 137 Å². The van der Waals surface area contributed by atoms with E-state index >= 15 is 0 Å².